The minimum absolute atomic E-state index is 0.434. The summed E-state index contributed by atoms with van der Waals surface area (Å²) in [5, 5.41) is -1.79. The zero-order valence-electron chi connectivity index (χ0n) is 45.7. The smallest absolute Gasteiger partial charge is 0.238 e. The van der Waals surface area contributed by atoms with Gasteiger partial charge in [0, 0.05) is 38.8 Å². The number of aromatic nitrogens is 6. The van der Waals surface area contributed by atoms with Gasteiger partial charge in [-0.3, -0.25) is 9.13 Å². The molecule has 4 aromatic heterocycles. The first-order valence-corrected chi connectivity index (χ1v) is 12.6. The highest BCUT2D eigenvalue weighted by Gasteiger charge is 2.21. The molecule has 6 nitrogen and oxygen atoms in total. The van der Waals surface area contributed by atoms with Gasteiger partial charge in [0.2, 0.25) is 5.95 Å². The van der Waals surface area contributed by atoms with Gasteiger partial charge in [-0.2, -0.15) is 9.97 Å². The quantitative estimate of drug-likeness (QED) is 0.206. The zero-order chi connectivity index (χ0) is 49.9. The van der Waals surface area contributed by atoms with E-state index < -0.39 is 223 Å². The van der Waals surface area contributed by atoms with Crippen LogP contribution in [-0.2, 0) is 0 Å². The molecule has 0 unspecified atom stereocenters. The molecule has 4 heterocycles. The molecule has 5 aromatic carbocycles. The number of fused-ring (bicyclic) bond motifs is 6. The third-order valence-electron chi connectivity index (χ3n) is 6.68. The van der Waals surface area contributed by atoms with Crippen molar-refractivity contribution in [1.29, 1.82) is 0 Å². The van der Waals surface area contributed by atoms with Crippen LogP contribution in [0.1, 0.15) is 32.9 Å². The lowest BCUT2D eigenvalue weighted by molar-refractivity contribution is 0.951. The average molecular weight is 589 g/mol. The van der Waals surface area contributed by atoms with Gasteiger partial charge in [0.1, 0.15) is 5.65 Å². The summed E-state index contributed by atoms with van der Waals surface area (Å²) in [4.78, 5) is 17.4. The molecule has 0 atom stereocenters. The number of hydrogen-bond acceptors (Lipinski definition) is 4. The van der Waals surface area contributed by atoms with Crippen LogP contribution in [0.4, 0.5) is 0 Å². The SMILES string of the molecule is [2H]c1nc2c(c([2H])c1[2H])c1c([2H])c([2H])c([2H])c([2H])c1n2-c1c([2H])c([2H])c([2H])c([2H])c1-c1nc(-c2c([2H])c([2H])c([2H])c([2H])c2[2H])nc(-n2c3c([2H])c([2H])c([2H])c([2H])c3c3c([2H])c([2H])c([2H])c([2H])c32)n1. The van der Waals surface area contributed by atoms with E-state index in [1.807, 2.05) is 0 Å². The van der Waals surface area contributed by atoms with E-state index in [1.165, 1.54) is 0 Å². The highest BCUT2D eigenvalue weighted by atomic mass is 15.2. The lowest BCUT2D eigenvalue weighted by atomic mass is 10.1. The number of benzene rings is 5. The van der Waals surface area contributed by atoms with Crippen molar-refractivity contribution in [1.82, 2.24) is 29.1 Å². The molecule has 0 saturated heterocycles. The first-order valence-electron chi connectivity index (χ1n) is 24.6. The van der Waals surface area contributed by atoms with Gasteiger partial charge >= 0.3 is 0 Å². The van der Waals surface area contributed by atoms with Crippen LogP contribution in [0.15, 0.2) is 145 Å². The maximum Gasteiger partial charge on any atom is 0.238 e. The van der Waals surface area contributed by atoms with E-state index in [-0.39, 0.29) is 0 Å². The standard InChI is InChI=1S/C38H24N6/c1-2-13-25(14-3-1)35-40-36(42-38(41-35)44-32-21-9-4-15-26(32)27-16-5-10-22-33(27)44)30-18-7-11-23-34(30)43-31-20-8-6-17-28(31)29-19-12-24-39-37(29)43/h1-24H/i1D,2D,3D,4D,5D,6D,7D,8D,9D,10D,11D,12D,13D,14D,15D,16D,17D,18D,19D,20D,21D,22D,23D,24D. The van der Waals surface area contributed by atoms with Gasteiger partial charge in [-0.05, 0) is 42.3 Å². The van der Waals surface area contributed by atoms with Gasteiger partial charge in [0.25, 0.3) is 0 Å². The first-order chi connectivity index (χ1) is 31.8. The van der Waals surface area contributed by atoms with E-state index in [0.29, 0.717) is 0 Å². The molecular formula is C38H24N6. The highest BCUT2D eigenvalue weighted by Crippen LogP contribution is 2.36. The maximum atomic E-state index is 9.37. The Bertz CT molecular complexity index is 3760. The van der Waals surface area contributed by atoms with Crippen LogP contribution in [0.5, 0.6) is 0 Å². The number of hydrogen-bond donors (Lipinski definition) is 0. The van der Waals surface area contributed by atoms with Crippen LogP contribution in [0, 0.1) is 0 Å². The van der Waals surface area contributed by atoms with Gasteiger partial charge < -0.3 is 0 Å². The van der Waals surface area contributed by atoms with E-state index in [1.54, 1.807) is 0 Å². The number of nitrogens with zero attached hydrogens (tertiary/aromatic N) is 6. The average Bonchev–Trinajstić information content (AvgIpc) is 3.85. The van der Waals surface area contributed by atoms with Crippen LogP contribution in [0.25, 0.3) is 78.2 Å². The predicted molar refractivity (Wildman–Crippen MR) is 177 cm³/mol. The molecule has 9 aromatic rings. The lowest BCUT2D eigenvalue weighted by Crippen LogP contribution is -2.07. The van der Waals surface area contributed by atoms with Crippen molar-refractivity contribution in [2.45, 2.75) is 0 Å². The van der Waals surface area contributed by atoms with E-state index in [0.717, 1.165) is 9.13 Å². The zero-order valence-corrected chi connectivity index (χ0v) is 21.7. The van der Waals surface area contributed by atoms with Crippen LogP contribution in [0.3, 0.4) is 0 Å². The molecular weight excluding hydrogens is 540 g/mol. The highest BCUT2D eigenvalue weighted by molar-refractivity contribution is 6.09. The van der Waals surface area contributed by atoms with Crippen LogP contribution in [0.2, 0.25) is 0 Å². The second kappa shape index (κ2) is 9.71. The summed E-state index contributed by atoms with van der Waals surface area (Å²) in [6.07, 6.45) is -0.851. The van der Waals surface area contributed by atoms with Crippen molar-refractivity contribution in [2.75, 3.05) is 0 Å². The number of rotatable bonds is 4. The minimum atomic E-state index is -0.999. The summed E-state index contributed by atoms with van der Waals surface area (Å²) in [5.74, 6) is -2.59. The van der Waals surface area contributed by atoms with Crippen molar-refractivity contribution in [2.24, 2.45) is 0 Å². The van der Waals surface area contributed by atoms with Gasteiger partial charge in [-0.15, -0.1) is 0 Å². The molecule has 0 aliphatic carbocycles. The monoisotopic (exact) mass is 588 g/mol. The summed E-state index contributed by atoms with van der Waals surface area (Å²) >= 11 is 0. The van der Waals surface area contributed by atoms with Crippen LogP contribution < -0.4 is 0 Å². The summed E-state index contributed by atoms with van der Waals surface area (Å²) in [5.41, 5.74) is -4.55. The Morgan fingerprint density at radius 1 is 0.455 bits per heavy atom. The molecule has 206 valence electrons. The Morgan fingerprint density at radius 3 is 1.73 bits per heavy atom. The van der Waals surface area contributed by atoms with E-state index >= 15 is 0 Å². The fraction of sp³-hybridized carbons (Fsp3) is 0. The van der Waals surface area contributed by atoms with Gasteiger partial charge in [-0.25, -0.2) is 9.97 Å². The first kappa shape index (κ1) is 10.5. The third kappa shape index (κ3) is 3.68. The van der Waals surface area contributed by atoms with E-state index in [2.05, 4.69) is 19.9 Å². The number of pyridine rings is 1. The van der Waals surface area contributed by atoms with E-state index in [4.69, 9.17) is 30.2 Å². The lowest BCUT2D eigenvalue weighted by Gasteiger charge is -2.14. The predicted octanol–water partition coefficient (Wildman–Crippen LogP) is 8.79. The second-order valence-corrected chi connectivity index (χ2v) is 9.02. The molecule has 0 aliphatic rings. The van der Waals surface area contributed by atoms with Gasteiger partial charge in [-0.1, -0.05) is 96.7 Å². The van der Waals surface area contributed by atoms with Crippen molar-refractivity contribution in [3.8, 4) is 34.4 Å². The fourth-order valence-electron chi connectivity index (χ4n) is 4.90. The van der Waals surface area contributed by atoms with Crippen molar-refractivity contribution < 1.29 is 32.9 Å². The van der Waals surface area contributed by atoms with Crippen LogP contribution >= 0.6 is 0 Å². The Labute approximate surface area is 286 Å². The molecule has 0 bridgehead atoms. The van der Waals surface area contributed by atoms with Crippen molar-refractivity contribution in [3.05, 3.63) is 145 Å². The van der Waals surface area contributed by atoms with E-state index in [9.17, 15) is 2.74 Å². The Balaban J connectivity index is 1.58. The van der Waals surface area contributed by atoms with Crippen molar-refractivity contribution in [3.63, 3.8) is 0 Å². The molecule has 9 rings (SSSR count). The summed E-state index contributed by atoms with van der Waals surface area (Å²) < 4.78 is 211. The minimum Gasteiger partial charge on any atom is -0.293 e. The largest absolute Gasteiger partial charge is 0.293 e. The molecule has 0 fully saturated rings. The Morgan fingerprint density at radius 2 is 1.00 bits per heavy atom. The molecule has 44 heavy (non-hydrogen) atoms. The Kier molecular flexibility index (Phi) is 2.33. The molecule has 0 aliphatic heterocycles. The van der Waals surface area contributed by atoms with Gasteiger partial charge in [0.05, 0.1) is 55.1 Å². The molecule has 0 radical (unpaired) electrons. The third-order valence-corrected chi connectivity index (χ3v) is 6.68. The second-order valence-electron chi connectivity index (χ2n) is 9.02. The molecule has 0 amide bonds. The summed E-state index contributed by atoms with van der Waals surface area (Å²) in [6.45, 7) is 0. The maximum absolute atomic E-state index is 9.37. The molecule has 6 heteroatoms. The summed E-state index contributed by atoms with van der Waals surface area (Å²) in [6, 6.07) is -19.7. The number of para-hydroxylation sites is 4. The van der Waals surface area contributed by atoms with Gasteiger partial charge in [0.15, 0.2) is 11.6 Å². The fourth-order valence-corrected chi connectivity index (χ4v) is 4.90. The van der Waals surface area contributed by atoms with Crippen molar-refractivity contribution >= 4 is 43.7 Å². The van der Waals surface area contributed by atoms with Crippen LogP contribution in [-0.4, -0.2) is 29.1 Å². The summed E-state index contributed by atoms with van der Waals surface area (Å²) in [7, 11) is 0. The molecule has 0 N–H and O–H groups in total. The Hall–Kier alpha value is -6.14. The topological polar surface area (TPSA) is 61.4 Å². The normalized spacial score (nSPS) is 19.3. The molecule has 0 saturated carbocycles. The molecule has 0 spiro atoms.